The molecule has 0 saturated heterocycles. The van der Waals surface area contributed by atoms with E-state index in [2.05, 4.69) is 0 Å². The number of carbonyl (C=O) groups is 1. The van der Waals surface area contributed by atoms with Crippen LogP contribution < -0.4 is 0 Å². The standard InChI is InChI=1S/C12H14ClF2NO4S/c1-3-16(4-5-20-2)12(17)8-6-11(21(13,18)19)10(15)7-9(8)14/h6-7H,3-5H2,1-2H3. The van der Waals surface area contributed by atoms with Crippen molar-refractivity contribution in [1.29, 1.82) is 0 Å². The van der Waals surface area contributed by atoms with Crippen molar-refractivity contribution in [3.63, 3.8) is 0 Å². The predicted molar refractivity (Wildman–Crippen MR) is 72.9 cm³/mol. The summed E-state index contributed by atoms with van der Waals surface area (Å²) in [4.78, 5) is 12.5. The monoisotopic (exact) mass is 341 g/mol. The van der Waals surface area contributed by atoms with Crippen LogP contribution in [0.1, 0.15) is 17.3 Å². The van der Waals surface area contributed by atoms with Crippen LogP contribution in [0.3, 0.4) is 0 Å². The van der Waals surface area contributed by atoms with Crippen molar-refractivity contribution in [3.05, 3.63) is 29.3 Å². The Morgan fingerprint density at radius 3 is 2.43 bits per heavy atom. The van der Waals surface area contributed by atoms with Gasteiger partial charge in [0, 0.05) is 36.9 Å². The van der Waals surface area contributed by atoms with Crippen LogP contribution in [0.5, 0.6) is 0 Å². The molecule has 0 aromatic heterocycles. The molecular formula is C12H14ClF2NO4S. The quantitative estimate of drug-likeness (QED) is 0.742. The second kappa shape index (κ2) is 7.15. The first-order chi connectivity index (χ1) is 9.72. The highest BCUT2D eigenvalue weighted by atomic mass is 35.7. The fraction of sp³-hybridized carbons (Fsp3) is 0.417. The van der Waals surface area contributed by atoms with Gasteiger partial charge in [-0.1, -0.05) is 0 Å². The molecule has 21 heavy (non-hydrogen) atoms. The molecule has 0 saturated carbocycles. The summed E-state index contributed by atoms with van der Waals surface area (Å²) >= 11 is 0. The van der Waals surface area contributed by atoms with E-state index in [1.165, 1.54) is 12.0 Å². The molecule has 0 aliphatic rings. The van der Waals surface area contributed by atoms with Gasteiger partial charge in [0.2, 0.25) is 0 Å². The minimum atomic E-state index is -4.42. The van der Waals surface area contributed by atoms with Gasteiger partial charge >= 0.3 is 0 Å². The molecule has 5 nitrogen and oxygen atoms in total. The summed E-state index contributed by atoms with van der Waals surface area (Å²) in [5.74, 6) is -3.27. The average Bonchev–Trinajstić information content (AvgIpc) is 2.37. The number of halogens is 3. The van der Waals surface area contributed by atoms with Gasteiger partial charge in [-0.15, -0.1) is 0 Å². The lowest BCUT2D eigenvalue weighted by Crippen LogP contribution is -2.34. The maximum Gasteiger partial charge on any atom is 0.264 e. The lowest BCUT2D eigenvalue weighted by Gasteiger charge is -2.21. The third-order valence-electron chi connectivity index (χ3n) is 2.75. The molecule has 0 spiro atoms. The van der Waals surface area contributed by atoms with Crippen LogP contribution in [0, 0.1) is 11.6 Å². The van der Waals surface area contributed by atoms with Crippen molar-refractivity contribution in [2.45, 2.75) is 11.8 Å². The number of amides is 1. The third kappa shape index (κ3) is 4.36. The number of ether oxygens (including phenoxy) is 1. The van der Waals surface area contributed by atoms with E-state index < -0.39 is 37.1 Å². The Labute approximate surface area is 125 Å². The van der Waals surface area contributed by atoms with Gasteiger partial charge < -0.3 is 9.64 Å². The summed E-state index contributed by atoms with van der Waals surface area (Å²) in [5.41, 5.74) is -0.562. The maximum absolute atomic E-state index is 13.7. The van der Waals surface area contributed by atoms with Gasteiger partial charge in [0.1, 0.15) is 16.5 Å². The summed E-state index contributed by atoms with van der Waals surface area (Å²) < 4.78 is 54.4. The molecule has 0 heterocycles. The summed E-state index contributed by atoms with van der Waals surface area (Å²) in [5, 5.41) is 0. The first-order valence-electron chi connectivity index (χ1n) is 5.94. The van der Waals surface area contributed by atoms with Gasteiger partial charge in [-0.25, -0.2) is 17.2 Å². The summed E-state index contributed by atoms with van der Waals surface area (Å²) in [6.45, 7) is 2.32. The molecule has 0 atom stereocenters. The van der Waals surface area contributed by atoms with Crippen LogP contribution in [0.15, 0.2) is 17.0 Å². The van der Waals surface area contributed by atoms with Gasteiger partial charge in [-0.05, 0) is 13.0 Å². The minimum absolute atomic E-state index is 0.186. The Morgan fingerprint density at radius 2 is 1.95 bits per heavy atom. The molecule has 0 fully saturated rings. The number of rotatable bonds is 6. The molecule has 0 N–H and O–H groups in total. The zero-order valence-electron chi connectivity index (χ0n) is 11.4. The van der Waals surface area contributed by atoms with E-state index in [0.717, 1.165) is 0 Å². The van der Waals surface area contributed by atoms with Crippen molar-refractivity contribution in [2.75, 3.05) is 26.8 Å². The number of carbonyl (C=O) groups excluding carboxylic acids is 1. The van der Waals surface area contributed by atoms with Crippen LogP contribution in [0.2, 0.25) is 0 Å². The van der Waals surface area contributed by atoms with Crippen molar-refractivity contribution in [2.24, 2.45) is 0 Å². The van der Waals surface area contributed by atoms with Crippen molar-refractivity contribution in [3.8, 4) is 0 Å². The van der Waals surface area contributed by atoms with Crippen molar-refractivity contribution >= 4 is 25.6 Å². The van der Waals surface area contributed by atoms with E-state index in [1.807, 2.05) is 0 Å². The summed E-state index contributed by atoms with van der Waals surface area (Å²) in [6, 6.07) is 0.928. The highest BCUT2D eigenvalue weighted by molar-refractivity contribution is 8.13. The van der Waals surface area contributed by atoms with Crippen LogP contribution in [-0.4, -0.2) is 46.0 Å². The highest BCUT2D eigenvalue weighted by Gasteiger charge is 2.24. The van der Waals surface area contributed by atoms with E-state index >= 15 is 0 Å². The van der Waals surface area contributed by atoms with E-state index in [-0.39, 0.29) is 19.7 Å². The zero-order chi connectivity index (χ0) is 16.2. The van der Waals surface area contributed by atoms with Crippen LogP contribution >= 0.6 is 10.7 Å². The number of hydrogen-bond donors (Lipinski definition) is 0. The molecule has 1 aromatic carbocycles. The molecule has 0 aliphatic carbocycles. The van der Waals surface area contributed by atoms with Gasteiger partial charge in [0.25, 0.3) is 15.0 Å². The Bertz CT molecular complexity index is 636. The maximum atomic E-state index is 13.7. The molecule has 0 bridgehead atoms. The summed E-state index contributed by atoms with van der Waals surface area (Å²) in [7, 11) is 2.07. The largest absolute Gasteiger partial charge is 0.383 e. The van der Waals surface area contributed by atoms with Crippen LogP contribution in [-0.2, 0) is 13.8 Å². The van der Waals surface area contributed by atoms with E-state index in [9.17, 15) is 22.0 Å². The molecule has 0 unspecified atom stereocenters. The number of likely N-dealkylation sites (N-methyl/N-ethyl adjacent to an activating group) is 1. The molecule has 0 aliphatic heterocycles. The summed E-state index contributed by atoms with van der Waals surface area (Å²) in [6.07, 6.45) is 0. The molecule has 0 radical (unpaired) electrons. The van der Waals surface area contributed by atoms with Crippen molar-refractivity contribution in [1.82, 2.24) is 4.90 Å². The fourth-order valence-corrected chi connectivity index (χ4v) is 2.56. The Kier molecular flexibility index (Phi) is 6.06. The van der Waals surface area contributed by atoms with Crippen molar-refractivity contribution < 1.29 is 26.7 Å². The van der Waals surface area contributed by atoms with Gasteiger partial charge in [0.15, 0.2) is 0 Å². The number of benzene rings is 1. The second-order valence-corrected chi connectivity index (χ2v) is 6.61. The fourth-order valence-electron chi connectivity index (χ4n) is 1.65. The Hall–Kier alpha value is -1.25. The zero-order valence-corrected chi connectivity index (χ0v) is 13.0. The lowest BCUT2D eigenvalue weighted by atomic mass is 10.1. The first kappa shape index (κ1) is 17.8. The molecule has 1 rings (SSSR count). The van der Waals surface area contributed by atoms with Gasteiger partial charge in [-0.2, -0.15) is 0 Å². The predicted octanol–water partition coefficient (Wildman–Crippen LogP) is 2.00. The molecular weight excluding hydrogens is 328 g/mol. The normalized spacial score (nSPS) is 11.5. The number of hydrogen-bond acceptors (Lipinski definition) is 4. The number of nitrogens with zero attached hydrogens (tertiary/aromatic N) is 1. The Balaban J connectivity index is 3.26. The lowest BCUT2D eigenvalue weighted by molar-refractivity contribution is 0.0701. The third-order valence-corrected chi connectivity index (χ3v) is 4.09. The molecule has 1 aromatic rings. The molecule has 1 amide bonds. The van der Waals surface area contributed by atoms with Gasteiger partial charge in [0.05, 0.1) is 12.2 Å². The molecule has 118 valence electrons. The van der Waals surface area contributed by atoms with Crippen LogP contribution in [0.4, 0.5) is 8.78 Å². The second-order valence-electron chi connectivity index (χ2n) is 4.08. The van der Waals surface area contributed by atoms with E-state index in [1.54, 1.807) is 6.92 Å². The minimum Gasteiger partial charge on any atom is -0.383 e. The van der Waals surface area contributed by atoms with Gasteiger partial charge in [-0.3, -0.25) is 4.79 Å². The molecule has 9 heteroatoms. The average molecular weight is 342 g/mol. The van der Waals surface area contributed by atoms with E-state index in [4.69, 9.17) is 15.4 Å². The number of methoxy groups -OCH3 is 1. The van der Waals surface area contributed by atoms with E-state index in [0.29, 0.717) is 12.1 Å². The Morgan fingerprint density at radius 1 is 1.33 bits per heavy atom. The highest BCUT2D eigenvalue weighted by Crippen LogP contribution is 2.23. The topological polar surface area (TPSA) is 63.7 Å². The smallest absolute Gasteiger partial charge is 0.264 e. The van der Waals surface area contributed by atoms with Crippen LogP contribution in [0.25, 0.3) is 0 Å². The first-order valence-corrected chi connectivity index (χ1v) is 8.25. The SMILES string of the molecule is CCN(CCOC)C(=O)c1cc(S(=O)(=O)Cl)c(F)cc1F.